The Kier molecular flexibility index (Phi) is 6.16. The van der Waals surface area contributed by atoms with E-state index in [1.165, 1.54) is 24.3 Å². The molecule has 6 heteroatoms. The average molecular weight is 400 g/mol. The molecular formula is C22H19ClFNO3. The lowest BCUT2D eigenvalue weighted by Crippen LogP contribution is -2.13. The Balaban J connectivity index is 1.76. The number of ether oxygens (including phenoxy) is 2. The molecule has 0 fully saturated rings. The molecule has 0 spiro atoms. The third-order valence-corrected chi connectivity index (χ3v) is 4.59. The van der Waals surface area contributed by atoms with Crippen molar-refractivity contribution in [3.8, 4) is 11.5 Å². The lowest BCUT2D eigenvalue weighted by Gasteiger charge is -2.13. The first-order chi connectivity index (χ1) is 13.5. The number of amides is 1. The fraction of sp³-hybridized carbons (Fsp3) is 0.136. The molecule has 3 rings (SSSR count). The second-order valence-corrected chi connectivity index (χ2v) is 6.59. The summed E-state index contributed by atoms with van der Waals surface area (Å²) in [6, 6.07) is 16.1. The van der Waals surface area contributed by atoms with Crippen molar-refractivity contribution in [1.82, 2.24) is 0 Å². The average Bonchev–Trinajstić information content (AvgIpc) is 2.70. The molecular weight excluding hydrogens is 381 g/mol. The molecule has 0 aliphatic heterocycles. The van der Waals surface area contributed by atoms with Gasteiger partial charge in [0.25, 0.3) is 5.91 Å². The van der Waals surface area contributed by atoms with Crippen LogP contribution in [0, 0.1) is 12.7 Å². The molecule has 0 saturated carbocycles. The number of nitrogens with one attached hydrogen (secondary N) is 1. The highest BCUT2D eigenvalue weighted by atomic mass is 35.5. The van der Waals surface area contributed by atoms with E-state index < -0.39 is 0 Å². The van der Waals surface area contributed by atoms with Crippen molar-refractivity contribution in [2.75, 3.05) is 12.4 Å². The quantitative estimate of drug-likeness (QED) is 0.584. The minimum Gasteiger partial charge on any atom is -0.496 e. The maximum atomic E-state index is 13.0. The first-order valence-electron chi connectivity index (χ1n) is 8.59. The molecule has 0 aliphatic rings. The van der Waals surface area contributed by atoms with Crippen LogP contribution < -0.4 is 14.8 Å². The van der Waals surface area contributed by atoms with Crippen molar-refractivity contribution in [2.45, 2.75) is 13.5 Å². The highest BCUT2D eigenvalue weighted by Gasteiger charge is 2.12. The van der Waals surface area contributed by atoms with Crippen LogP contribution in [0.1, 0.15) is 21.5 Å². The smallest absolute Gasteiger partial charge is 0.255 e. The van der Waals surface area contributed by atoms with Crippen molar-refractivity contribution in [2.24, 2.45) is 0 Å². The van der Waals surface area contributed by atoms with Gasteiger partial charge >= 0.3 is 0 Å². The number of benzene rings is 3. The highest BCUT2D eigenvalue weighted by molar-refractivity contribution is 6.31. The normalized spacial score (nSPS) is 10.4. The summed E-state index contributed by atoms with van der Waals surface area (Å²) in [7, 11) is 1.56. The number of carbonyl (C=O) groups excluding carboxylic acids is 1. The first-order valence-corrected chi connectivity index (χ1v) is 8.97. The maximum absolute atomic E-state index is 13.0. The van der Waals surface area contributed by atoms with E-state index in [2.05, 4.69) is 5.32 Å². The second kappa shape index (κ2) is 8.76. The minimum absolute atomic E-state index is 0.224. The summed E-state index contributed by atoms with van der Waals surface area (Å²) < 4.78 is 24.2. The molecule has 0 aromatic heterocycles. The van der Waals surface area contributed by atoms with Gasteiger partial charge in [-0.3, -0.25) is 4.79 Å². The Morgan fingerprint density at radius 3 is 2.50 bits per heavy atom. The Morgan fingerprint density at radius 2 is 1.82 bits per heavy atom. The van der Waals surface area contributed by atoms with E-state index in [0.717, 1.165) is 11.1 Å². The van der Waals surface area contributed by atoms with Gasteiger partial charge in [0.05, 0.1) is 7.11 Å². The van der Waals surface area contributed by atoms with Gasteiger partial charge in [-0.05, 0) is 73.2 Å². The van der Waals surface area contributed by atoms with Crippen LogP contribution in [0.3, 0.4) is 0 Å². The molecule has 0 atom stereocenters. The van der Waals surface area contributed by atoms with E-state index in [4.69, 9.17) is 21.1 Å². The van der Waals surface area contributed by atoms with Crippen molar-refractivity contribution in [3.05, 3.63) is 88.2 Å². The zero-order chi connectivity index (χ0) is 20.1. The molecule has 0 saturated heterocycles. The Hall–Kier alpha value is -3.05. The van der Waals surface area contributed by atoms with Gasteiger partial charge in [0.2, 0.25) is 0 Å². The Morgan fingerprint density at radius 1 is 1.07 bits per heavy atom. The molecule has 3 aromatic rings. The maximum Gasteiger partial charge on any atom is 0.255 e. The fourth-order valence-corrected chi connectivity index (χ4v) is 2.75. The number of hydrogen-bond acceptors (Lipinski definition) is 3. The number of halogens is 2. The summed E-state index contributed by atoms with van der Waals surface area (Å²) in [6.45, 7) is 2.12. The van der Waals surface area contributed by atoms with Crippen molar-refractivity contribution >= 4 is 23.2 Å². The van der Waals surface area contributed by atoms with Crippen LogP contribution in [0.2, 0.25) is 5.02 Å². The second-order valence-electron chi connectivity index (χ2n) is 6.19. The first kappa shape index (κ1) is 19.7. The van der Waals surface area contributed by atoms with Crippen LogP contribution in [-0.2, 0) is 6.61 Å². The van der Waals surface area contributed by atoms with Crippen molar-refractivity contribution in [1.29, 1.82) is 0 Å². The summed E-state index contributed by atoms with van der Waals surface area (Å²) >= 11 is 6.04. The molecule has 3 aromatic carbocycles. The van der Waals surface area contributed by atoms with E-state index >= 15 is 0 Å². The van der Waals surface area contributed by atoms with Gasteiger partial charge in [-0.1, -0.05) is 11.6 Å². The van der Waals surface area contributed by atoms with Gasteiger partial charge < -0.3 is 14.8 Å². The predicted octanol–water partition coefficient (Wildman–Crippen LogP) is 5.63. The van der Waals surface area contributed by atoms with Gasteiger partial charge in [0.1, 0.15) is 23.9 Å². The summed E-state index contributed by atoms with van der Waals surface area (Å²) in [4.78, 5) is 12.5. The van der Waals surface area contributed by atoms with Crippen LogP contribution in [0.15, 0.2) is 60.7 Å². The molecule has 0 radical (unpaired) electrons. The van der Waals surface area contributed by atoms with Crippen molar-refractivity contribution < 1.29 is 18.7 Å². The summed E-state index contributed by atoms with van der Waals surface area (Å²) in [5.41, 5.74) is 2.59. The third kappa shape index (κ3) is 4.81. The number of methoxy groups -OCH3 is 1. The van der Waals surface area contributed by atoms with Gasteiger partial charge in [-0.15, -0.1) is 0 Å². The predicted molar refractivity (Wildman–Crippen MR) is 108 cm³/mol. The number of aryl methyl sites for hydroxylation is 1. The van der Waals surface area contributed by atoms with Gasteiger partial charge in [0.15, 0.2) is 0 Å². The zero-order valence-corrected chi connectivity index (χ0v) is 16.2. The lowest BCUT2D eigenvalue weighted by molar-refractivity contribution is 0.102. The van der Waals surface area contributed by atoms with Gasteiger partial charge in [-0.2, -0.15) is 0 Å². The van der Waals surface area contributed by atoms with E-state index in [9.17, 15) is 9.18 Å². The zero-order valence-electron chi connectivity index (χ0n) is 15.5. The molecule has 144 valence electrons. The lowest BCUT2D eigenvalue weighted by atomic mass is 10.1. The van der Waals surface area contributed by atoms with Crippen LogP contribution >= 0.6 is 11.6 Å². The van der Waals surface area contributed by atoms with Gasteiger partial charge in [-0.25, -0.2) is 4.39 Å². The van der Waals surface area contributed by atoms with Crippen LogP contribution in [-0.4, -0.2) is 13.0 Å². The summed E-state index contributed by atoms with van der Waals surface area (Å²) in [5, 5.41) is 3.41. The summed E-state index contributed by atoms with van der Waals surface area (Å²) in [6.07, 6.45) is 0. The number of carbonyl (C=O) groups is 1. The molecule has 0 aliphatic carbocycles. The largest absolute Gasteiger partial charge is 0.496 e. The third-order valence-electron chi connectivity index (χ3n) is 4.17. The van der Waals surface area contributed by atoms with E-state index in [-0.39, 0.29) is 18.3 Å². The molecule has 1 amide bonds. The molecule has 1 N–H and O–H groups in total. The number of rotatable bonds is 6. The SMILES string of the molecule is COc1ccc(C(=O)Nc2ccc(F)cc2)cc1COc1ccc(Cl)c(C)c1. The highest BCUT2D eigenvalue weighted by Crippen LogP contribution is 2.25. The van der Waals surface area contributed by atoms with E-state index in [0.29, 0.717) is 27.8 Å². The standard InChI is InChI=1S/C22H19ClFNO3/c1-14-11-19(8-9-20(14)23)28-13-16-12-15(3-10-21(16)27-2)22(26)25-18-6-4-17(24)5-7-18/h3-12H,13H2,1-2H3,(H,25,26). The molecule has 0 heterocycles. The Labute approximate surface area is 167 Å². The van der Waals surface area contributed by atoms with Crippen LogP contribution in [0.4, 0.5) is 10.1 Å². The minimum atomic E-state index is -0.362. The van der Waals surface area contributed by atoms with Crippen LogP contribution in [0.5, 0.6) is 11.5 Å². The fourth-order valence-electron chi connectivity index (χ4n) is 2.64. The van der Waals surface area contributed by atoms with Gasteiger partial charge in [0, 0.05) is 21.8 Å². The number of anilines is 1. The topological polar surface area (TPSA) is 47.6 Å². The number of hydrogen-bond donors (Lipinski definition) is 1. The summed E-state index contributed by atoms with van der Waals surface area (Å²) in [5.74, 6) is 0.617. The molecule has 28 heavy (non-hydrogen) atoms. The van der Waals surface area contributed by atoms with Crippen LogP contribution in [0.25, 0.3) is 0 Å². The van der Waals surface area contributed by atoms with E-state index in [1.807, 2.05) is 13.0 Å². The molecule has 0 unspecified atom stereocenters. The molecule has 4 nitrogen and oxygen atoms in total. The van der Waals surface area contributed by atoms with E-state index in [1.54, 1.807) is 37.4 Å². The van der Waals surface area contributed by atoms with Crippen molar-refractivity contribution in [3.63, 3.8) is 0 Å². The Bertz CT molecular complexity index is 990. The molecule has 0 bridgehead atoms. The monoisotopic (exact) mass is 399 g/mol.